The minimum absolute atomic E-state index is 0.0871. The van der Waals surface area contributed by atoms with Gasteiger partial charge in [0, 0.05) is 18.8 Å². The average molecular weight is 322 g/mol. The van der Waals surface area contributed by atoms with Crippen LogP contribution in [0.4, 0.5) is 0 Å². The number of nitrogens with one attached hydrogen (secondary N) is 1. The van der Waals surface area contributed by atoms with Crippen LogP contribution in [0, 0.1) is 5.92 Å². The summed E-state index contributed by atoms with van der Waals surface area (Å²) in [5.41, 5.74) is 3.54. The number of piperidine rings is 1. The van der Waals surface area contributed by atoms with Crippen LogP contribution in [0.1, 0.15) is 36.5 Å². The molecule has 1 N–H and O–H groups in total. The first-order chi connectivity index (χ1) is 11.7. The lowest BCUT2D eigenvalue weighted by atomic mass is 9.99. The average Bonchev–Trinajstić information content (AvgIpc) is 2.63. The van der Waals surface area contributed by atoms with Crippen LogP contribution in [0.25, 0.3) is 12.2 Å². The molecule has 0 amide bonds. The predicted octanol–water partition coefficient (Wildman–Crippen LogP) is 3.58. The summed E-state index contributed by atoms with van der Waals surface area (Å²) >= 11 is 0. The van der Waals surface area contributed by atoms with Crippen LogP contribution in [0.3, 0.4) is 0 Å². The van der Waals surface area contributed by atoms with Crippen molar-refractivity contribution in [1.29, 1.82) is 0 Å². The highest BCUT2D eigenvalue weighted by Gasteiger charge is 2.13. The molecule has 0 bridgehead atoms. The van der Waals surface area contributed by atoms with E-state index in [0.29, 0.717) is 5.92 Å². The minimum Gasteiger partial charge on any atom is -0.316 e. The molecule has 3 rings (SSSR count). The normalized spacial score (nSPS) is 18.1. The molecule has 2 aromatic rings. The first-order valence-corrected chi connectivity index (χ1v) is 8.93. The summed E-state index contributed by atoms with van der Waals surface area (Å²) in [5.74, 6) is 0.565. The second-order valence-corrected chi connectivity index (χ2v) is 6.59. The highest BCUT2D eigenvalue weighted by Crippen LogP contribution is 2.12. The number of hydrogen-bond donors (Lipinski definition) is 1. The summed E-state index contributed by atoms with van der Waals surface area (Å²) in [5, 5.41) is 3.41. The molecule has 24 heavy (non-hydrogen) atoms. The zero-order chi connectivity index (χ0) is 16.8. The van der Waals surface area contributed by atoms with Crippen molar-refractivity contribution in [3.8, 4) is 0 Å². The summed E-state index contributed by atoms with van der Waals surface area (Å²) in [7, 11) is 0. The summed E-state index contributed by atoms with van der Waals surface area (Å²) < 4.78 is 1.84. The fourth-order valence-corrected chi connectivity index (χ4v) is 3.19. The third-order valence-electron chi connectivity index (χ3n) is 4.73. The van der Waals surface area contributed by atoms with Gasteiger partial charge in [-0.1, -0.05) is 43.3 Å². The molecule has 1 unspecified atom stereocenters. The standard InChI is InChI=1S/C21H26N2O/c1-2-17-5-7-18(8-6-17)9-10-19-11-13-23(21(24)14-19)16-20-4-3-12-22-15-20/h5-11,13-14,20,22H,2-4,12,15-16H2,1H3/b10-9+. The predicted molar refractivity (Wildman–Crippen MR) is 101 cm³/mol. The fraction of sp³-hybridized carbons (Fsp3) is 0.381. The molecule has 0 saturated carbocycles. The van der Waals surface area contributed by atoms with Crippen molar-refractivity contribution >= 4 is 12.2 Å². The van der Waals surface area contributed by atoms with Crippen LogP contribution in [-0.2, 0) is 13.0 Å². The molecule has 3 heteroatoms. The molecular weight excluding hydrogens is 296 g/mol. The second kappa shape index (κ2) is 8.11. The Bertz CT molecular complexity index is 737. The third-order valence-corrected chi connectivity index (χ3v) is 4.73. The third kappa shape index (κ3) is 4.45. The van der Waals surface area contributed by atoms with E-state index in [4.69, 9.17) is 0 Å². The molecule has 0 radical (unpaired) electrons. The molecule has 126 valence electrons. The molecule has 0 spiro atoms. The van der Waals surface area contributed by atoms with Gasteiger partial charge in [-0.3, -0.25) is 4.79 Å². The lowest BCUT2D eigenvalue weighted by Crippen LogP contribution is -2.34. The molecule has 0 aliphatic carbocycles. The largest absolute Gasteiger partial charge is 0.316 e. The van der Waals surface area contributed by atoms with E-state index in [1.54, 1.807) is 6.07 Å². The van der Waals surface area contributed by atoms with E-state index >= 15 is 0 Å². The van der Waals surface area contributed by atoms with E-state index in [0.717, 1.165) is 37.2 Å². The van der Waals surface area contributed by atoms with E-state index in [1.807, 2.05) is 22.9 Å². The summed E-state index contributed by atoms with van der Waals surface area (Å²) in [6.45, 7) is 5.09. The second-order valence-electron chi connectivity index (χ2n) is 6.59. The number of hydrogen-bond acceptors (Lipinski definition) is 2. The van der Waals surface area contributed by atoms with Gasteiger partial charge in [0.1, 0.15) is 0 Å². The first-order valence-electron chi connectivity index (χ1n) is 8.93. The van der Waals surface area contributed by atoms with Crippen LogP contribution in [-0.4, -0.2) is 17.7 Å². The molecular formula is C21H26N2O. The van der Waals surface area contributed by atoms with Crippen LogP contribution >= 0.6 is 0 Å². The van der Waals surface area contributed by atoms with E-state index in [2.05, 4.69) is 42.6 Å². The summed E-state index contributed by atoms with van der Waals surface area (Å²) in [6, 6.07) is 12.3. The Balaban J connectivity index is 1.67. The molecule has 1 aliphatic rings. The van der Waals surface area contributed by atoms with Crippen molar-refractivity contribution in [2.75, 3.05) is 13.1 Å². The molecule has 1 atom stereocenters. The zero-order valence-electron chi connectivity index (χ0n) is 14.4. The van der Waals surface area contributed by atoms with Gasteiger partial charge in [0.2, 0.25) is 0 Å². The van der Waals surface area contributed by atoms with Crippen molar-refractivity contribution in [2.24, 2.45) is 5.92 Å². The number of rotatable bonds is 5. The lowest BCUT2D eigenvalue weighted by Gasteiger charge is -2.23. The molecule has 1 fully saturated rings. The van der Waals surface area contributed by atoms with Gasteiger partial charge in [0.25, 0.3) is 5.56 Å². The molecule has 1 saturated heterocycles. The van der Waals surface area contributed by atoms with Gasteiger partial charge in [0.05, 0.1) is 0 Å². The van der Waals surface area contributed by atoms with E-state index < -0.39 is 0 Å². The topological polar surface area (TPSA) is 34.0 Å². The van der Waals surface area contributed by atoms with Crippen LogP contribution in [0.5, 0.6) is 0 Å². The van der Waals surface area contributed by atoms with Crippen molar-refractivity contribution in [2.45, 2.75) is 32.7 Å². The van der Waals surface area contributed by atoms with Gasteiger partial charge >= 0.3 is 0 Å². The number of nitrogens with zero attached hydrogens (tertiary/aromatic N) is 1. The van der Waals surface area contributed by atoms with Gasteiger partial charge in [-0.05, 0) is 61.0 Å². The monoisotopic (exact) mass is 322 g/mol. The molecule has 3 nitrogen and oxygen atoms in total. The van der Waals surface area contributed by atoms with E-state index in [9.17, 15) is 4.79 Å². The fourth-order valence-electron chi connectivity index (χ4n) is 3.19. The van der Waals surface area contributed by atoms with Gasteiger partial charge in [0.15, 0.2) is 0 Å². The smallest absolute Gasteiger partial charge is 0.251 e. The number of aromatic nitrogens is 1. The van der Waals surface area contributed by atoms with Gasteiger partial charge in [-0.25, -0.2) is 0 Å². The summed E-state index contributed by atoms with van der Waals surface area (Å²) in [6.07, 6.45) is 9.46. The maximum Gasteiger partial charge on any atom is 0.251 e. The highest BCUT2D eigenvalue weighted by molar-refractivity contribution is 5.69. The van der Waals surface area contributed by atoms with Crippen LogP contribution in [0.2, 0.25) is 0 Å². The maximum atomic E-state index is 12.3. The van der Waals surface area contributed by atoms with Gasteiger partial charge in [-0.15, -0.1) is 0 Å². The quantitative estimate of drug-likeness (QED) is 0.913. The Hall–Kier alpha value is -2.13. The van der Waals surface area contributed by atoms with E-state index in [-0.39, 0.29) is 5.56 Å². The lowest BCUT2D eigenvalue weighted by molar-refractivity contribution is 0.334. The van der Waals surface area contributed by atoms with Gasteiger partial charge < -0.3 is 9.88 Å². The number of aryl methyl sites for hydroxylation is 1. The Morgan fingerprint density at radius 2 is 1.96 bits per heavy atom. The van der Waals surface area contributed by atoms with Crippen molar-refractivity contribution < 1.29 is 0 Å². The van der Waals surface area contributed by atoms with Crippen molar-refractivity contribution in [3.05, 3.63) is 69.6 Å². The first kappa shape index (κ1) is 16.7. The Morgan fingerprint density at radius 3 is 2.62 bits per heavy atom. The van der Waals surface area contributed by atoms with Crippen molar-refractivity contribution in [1.82, 2.24) is 9.88 Å². The SMILES string of the molecule is CCc1ccc(/C=C/c2ccn(CC3CCCNC3)c(=O)c2)cc1. The van der Waals surface area contributed by atoms with E-state index in [1.165, 1.54) is 18.4 Å². The summed E-state index contributed by atoms with van der Waals surface area (Å²) in [4.78, 5) is 12.3. The Kier molecular flexibility index (Phi) is 5.65. The minimum atomic E-state index is 0.0871. The molecule has 1 aliphatic heterocycles. The van der Waals surface area contributed by atoms with Crippen LogP contribution in [0.15, 0.2) is 47.4 Å². The Labute approximate surface area is 144 Å². The van der Waals surface area contributed by atoms with Crippen LogP contribution < -0.4 is 10.9 Å². The Morgan fingerprint density at radius 1 is 1.17 bits per heavy atom. The zero-order valence-corrected chi connectivity index (χ0v) is 14.4. The number of pyridine rings is 1. The maximum absolute atomic E-state index is 12.3. The number of benzene rings is 1. The molecule has 2 heterocycles. The highest BCUT2D eigenvalue weighted by atomic mass is 16.1. The van der Waals surface area contributed by atoms with Crippen molar-refractivity contribution in [3.63, 3.8) is 0 Å². The van der Waals surface area contributed by atoms with Gasteiger partial charge in [-0.2, -0.15) is 0 Å². The molecule has 1 aromatic heterocycles. The molecule has 1 aromatic carbocycles.